The molecular formula is C15H24N2O2. The summed E-state index contributed by atoms with van der Waals surface area (Å²) in [6.07, 6.45) is 7.82. The second-order valence-corrected chi connectivity index (χ2v) is 7.49. The zero-order valence-corrected chi connectivity index (χ0v) is 11.4. The Kier molecular flexibility index (Phi) is 2.68. The predicted molar refractivity (Wildman–Crippen MR) is 71.3 cm³/mol. The minimum absolute atomic E-state index is 0.105. The van der Waals surface area contributed by atoms with Gasteiger partial charge in [-0.15, -0.1) is 0 Å². The lowest BCUT2D eigenvalue weighted by Crippen LogP contribution is -2.61. The molecule has 5 rings (SSSR count). The fourth-order valence-corrected chi connectivity index (χ4v) is 5.46. The maximum Gasteiger partial charge on any atom is 0.227 e. The molecule has 5 fully saturated rings. The van der Waals surface area contributed by atoms with Crippen LogP contribution in [0.3, 0.4) is 0 Å². The first-order chi connectivity index (χ1) is 9.13. The summed E-state index contributed by atoms with van der Waals surface area (Å²) < 4.78 is 5.33. The maximum absolute atomic E-state index is 12.5. The van der Waals surface area contributed by atoms with Gasteiger partial charge in [0.15, 0.2) is 0 Å². The molecule has 4 aliphatic carbocycles. The largest absolute Gasteiger partial charge is 0.379 e. The lowest BCUT2D eigenvalue weighted by molar-refractivity contribution is -0.131. The fourth-order valence-electron chi connectivity index (χ4n) is 5.46. The monoisotopic (exact) mass is 264 g/mol. The van der Waals surface area contributed by atoms with Gasteiger partial charge in [0, 0.05) is 11.6 Å². The van der Waals surface area contributed by atoms with Crippen molar-refractivity contribution in [3.05, 3.63) is 0 Å². The van der Waals surface area contributed by atoms with Crippen LogP contribution in [0, 0.1) is 23.7 Å². The predicted octanol–water partition coefficient (Wildman–Crippen LogP) is 1.05. The minimum Gasteiger partial charge on any atom is -0.379 e. The number of nitrogens with one attached hydrogen (secondary N) is 1. The highest BCUT2D eigenvalue weighted by Gasteiger charge is 2.52. The van der Waals surface area contributed by atoms with Crippen molar-refractivity contribution in [3.8, 4) is 0 Å². The quantitative estimate of drug-likeness (QED) is 0.783. The van der Waals surface area contributed by atoms with Gasteiger partial charge in [-0.05, 0) is 56.3 Å². The summed E-state index contributed by atoms with van der Waals surface area (Å²) in [6.45, 7) is 1.03. The third-order valence-electron chi connectivity index (χ3n) is 5.89. The third kappa shape index (κ3) is 2.00. The van der Waals surface area contributed by atoms with Crippen molar-refractivity contribution in [1.29, 1.82) is 0 Å². The van der Waals surface area contributed by atoms with Gasteiger partial charge in [0.1, 0.15) is 0 Å². The van der Waals surface area contributed by atoms with Crippen LogP contribution in [-0.4, -0.2) is 30.7 Å². The van der Waals surface area contributed by atoms with Crippen molar-refractivity contribution >= 4 is 5.91 Å². The van der Waals surface area contributed by atoms with Crippen molar-refractivity contribution in [1.82, 2.24) is 5.32 Å². The summed E-state index contributed by atoms with van der Waals surface area (Å²) >= 11 is 0. The Balaban J connectivity index is 1.48. The Labute approximate surface area is 114 Å². The van der Waals surface area contributed by atoms with Crippen LogP contribution >= 0.6 is 0 Å². The molecule has 4 heteroatoms. The van der Waals surface area contributed by atoms with E-state index in [-0.39, 0.29) is 23.4 Å². The molecule has 19 heavy (non-hydrogen) atoms. The van der Waals surface area contributed by atoms with E-state index in [4.69, 9.17) is 10.5 Å². The molecule has 0 aromatic rings. The van der Waals surface area contributed by atoms with E-state index in [1.54, 1.807) is 0 Å². The van der Waals surface area contributed by atoms with E-state index in [2.05, 4.69) is 5.32 Å². The van der Waals surface area contributed by atoms with Gasteiger partial charge in [0.25, 0.3) is 0 Å². The molecule has 4 nitrogen and oxygen atoms in total. The highest BCUT2D eigenvalue weighted by molar-refractivity contribution is 5.80. The van der Waals surface area contributed by atoms with Crippen LogP contribution in [0.4, 0.5) is 0 Å². The molecule has 0 radical (unpaired) electrons. The summed E-state index contributed by atoms with van der Waals surface area (Å²) in [4.78, 5) is 12.5. The van der Waals surface area contributed by atoms with Crippen molar-refractivity contribution in [2.75, 3.05) is 13.2 Å². The van der Waals surface area contributed by atoms with E-state index in [0.717, 1.165) is 17.8 Å². The average molecular weight is 264 g/mol. The number of ether oxygens (including phenoxy) is 1. The molecule has 2 atom stereocenters. The second kappa shape index (κ2) is 4.19. The van der Waals surface area contributed by atoms with E-state index in [9.17, 15) is 4.79 Å². The molecule has 5 aliphatic rings. The van der Waals surface area contributed by atoms with Crippen LogP contribution in [-0.2, 0) is 9.53 Å². The lowest BCUT2D eigenvalue weighted by atomic mass is 9.53. The molecule has 2 unspecified atom stereocenters. The van der Waals surface area contributed by atoms with Gasteiger partial charge in [-0.2, -0.15) is 0 Å². The first-order valence-electron chi connectivity index (χ1n) is 7.79. The Morgan fingerprint density at radius 2 is 1.63 bits per heavy atom. The van der Waals surface area contributed by atoms with E-state index in [0.29, 0.717) is 13.2 Å². The van der Waals surface area contributed by atoms with Crippen LogP contribution in [0.25, 0.3) is 0 Å². The lowest BCUT2D eigenvalue weighted by Gasteiger charge is -2.57. The summed E-state index contributed by atoms with van der Waals surface area (Å²) in [5, 5.41) is 3.40. The Hall–Kier alpha value is -0.610. The topological polar surface area (TPSA) is 64.3 Å². The molecule has 0 aromatic carbocycles. The SMILES string of the molecule is NC1COCC1C(=O)NC12CC3CC(CC(C3)C1)C2. The van der Waals surface area contributed by atoms with Gasteiger partial charge in [-0.1, -0.05) is 0 Å². The van der Waals surface area contributed by atoms with Crippen molar-refractivity contribution in [2.24, 2.45) is 29.4 Å². The summed E-state index contributed by atoms with van der Waals surface area (Å²) in [5.74, 6) is 2.60. The average Bonchev–Trinajstić information content (AvgIpc) is 2.72. The summed E-state index contributed by atoms with van der Waals surface area (Å²) in [5.41, 5.74) is 6.07. The summed E-state index contributed by atoms with van der Waals surface area (Å²) in [6, 6.07) is -0.117. The Bertz CT molecular complexity index is 360. The molecule has 0 spiro atoms. The number of hydrogen-bond donors (Lipinski definition) is 2. The Morgan fingerprint density at radius 1 is 1.05 bits per heavy atom. The van der Waals surface area contributed by atoms with Crippen molar-refractivity contribution in [2.45, 2.75) is 50.1 Å². The smallest absolute Gasteiger partial charge is 0.227 e. The molecule has 1 aliphatic heterocycles. The van der Waals surface area contributed by atoms with Crippen LogP contribution in [0.5, 0.6) is 0 Å². The standard InChI is InChI=1S/C15H24N2O2/c16-13-8-19-7-12(13)14(18)17-15-4-9-1-10(5-15)3-11(2-9)6-15/h9-13H,1-8,16H2,(H,17,18). The molecule has 1 amide bonds. The van der Waals surface area contributed by atoms with Crippen LogP contribution in [0.15, 0.2) is 0 Å². The Morgan fingerprint density at radius 3 is 2.11 bits per heavy atom. The molecule has 0 aromatic heterocycles. The molecule has 1 heterocycles. The molecule has 106 valence electrons. The molecule has 3 N–H and O–H groups in total. The zero-order chi connectivity index (χ0) is 13.0. The van der Waals surface area contributed by atoms with Gasteiger partial charge in [0.2, 0.25) is 5.91 Å². The van der Waals surface area contributed by atoms with E-state index >= 15 is 0 Å². The number of hydrogen-bond acceptors (Lipinski definition) is 3. The molecule has 4 saturated carbocycles. The van der Waals surface area contributed by atoms with E-state index in [1.807, 2.05) is 0 Å². The van der Waals surface area contributed by atoms with Gasteiger partial charge in [-0.25, -0.2) is 0 Å². The van der Waals surface area contributed by atoms with E-state index in [1.165, 1.54) is 38.5 Å². The number of nitrogens with two attached hydrogens (primary N) is 1. The van der Waals surface area contributed by atoms with Gasteiger partial charge >= 0.3 is 0 Å². The van der Waals surface area contributed by atoms with Crippen LogP contribution in [0.2, 0.25) is 0 Å². The van der Waals surface area contributed by atoms with Crippen LogP contribution < -0.4 is 11.1 Å². The van der Waals surface area contributed by atoms with Crippen LogP contribution in [0.1, 0.15) is 38.5 Å². The number of rotatable bonds is 2. The first kappa shape index (κ1) is 12.2. The fraction of sp³-hybridized carbons (Fsp3) is 0.933. The number of amides is 1. The number of carbonyl (C=O) groups excluding carboxylic acids is 1. The van der Waals surface area contributed by atoms with Gasteiger partial charge < -0.3 is 15.8 Å². The highest BCUT2D eigenvalue weighted by Crippen LogP contribution is 2.55. The summed E-state index contributed by atoms with van der Waals surface area (Å²) in [7, 11) is 0. The molecule has 4 bridgehead atoms. The van der Waals surface area contributed by atoms with Crippen molar-refractivity contribution < 1.29 is 9.53 Å². The first-order valence-corrected chi connectivity index (χ1v) is 7.79. The van der Waals surface area contributed by atoms with Gasteiger partial charge in [-0.3, -0.25) is 4.79 Å². The second-order valence-electron chi connectivity index (χ2n) is 7.49. The normalized spacial score (nSPS) is 51.5. The third-order valence-corrected chi connectivity index (χ3v) is 5.89. The highest BCUT2D eigenvalue weighted by atomic mass is 16.5. The number of carbonyl (C=O) groups is 1. The minimum atomic E-state index is -0.131. The molecular weight excluding hydrogens is 240 g/mol. The van der Waals surface area contributed by atoms with Crippen molar-refractivity contribution in [3.63, 3.8) is 0 Å². The van der Waals surface area contributed by atoms with E-state index < -0.39 is 0 Å². The molecule has 1 saturated heterocycles. The maximum atomic E-state index is 12.5. The zero-order valence-electron chi connectivity index (χ0n) is 11.4. The van der Waals surface area contributed by atoms with Gasteiger partial charge in [0.05, 0.1) is 19.1 Å².